The number of aromatic nitrogens is 3. The van der Waals surface area contributed by atoms with Gasteiger partial charge in [-0.3, -0.25) is 9.88 Å². The molecule has 1 fully saturated rings. The molecule has 5 rings (SSSR count). The molecule has 0 radical (unpaired) electrons. The van der Waals surface area contributed by atoms with E-state index in [1.54, 1.807) is 18.7 Å². The Balaban J connectivity index is 1.25. The van der Waals surface area contributed by atoms with Crippen LogP contribution in [0.4, 0.5) is 17.3 Å². The predicted octanol–water partition coefficient (Wildman–Crippen LogP) is 2.61. The van der Waals surface area contributed by atoms with E-state index in [2.05, 4.69) is 54.3 Å². The highest BCUT2D eigenvalue weighted by Gasteiger charge is 2.34. The fraction of sp³-hybridized carbons (Fsp3) is 0.348. The van der Waals surface area contributed by atoms with Gasteiger partial charge in [0, 0.05) is 44.5 Å². The molecule has 3 aromatic rings. The number of aliphatic hydroxyl groups is 1. The van der Waals surface area contributed by atoms with Crippen molar-refractivity contribution in [1.29, 1.82) is 0 Å². The second-order valence-electron chi connectivity index (χ2n) is 7.99. The van der Waals surface area contributed by atoms with Crippen molar-refractivity contribution in [2.75, 3.05) is 29.9 Å². The summed E-state index contributed by atoms with van der Waals surface area (Å²) in [6, 6.07) is 14.6. The van der Waals surface area contributed by atoms with Crippen LogP contribution in [-0.4, -0.2) is 56.7 Å². The van der Waals surface area contributed by atoms with E-state index in [-0.39, 0.29) is 6.04 Å². The van der Waals surface area contributed by atoms with E-state index < -0.39 is 6.10 Å². The molecule has 2 atom stereocenters. The van der Waals surface area contributed by atoms with Crippen LogP contribution < -0.4 is 10.2 Å². The van der Waals surface area contributed by atoms with E-state index in [0.29, 0.717) is 6.54 Å². The lowest BCUT2D eigenvalue weighted by Gasteiger charge is -2.43. The lowest BCUT2D eigenvalue weighted by Crippen LogP contribution is -2.55. The molecule has 1 saturated heterocycles. The van der Waals surface area contributed by atoms with E-state index in [4.69, 9.17) is 0 Å². The van der Waals surface area contributed by atoms with Crippen LogP contribution in [0.2, 0.25) is 0 Å². The highest BCUT2D eigenvalue weighted by molar-refractivity contribution is 5.58. The monoisotopic (exact) mass is 402 g/mol. The summed E-state index contributed by atoms with van der Waals surface area (Å²) in [6.07, 6.45) is 6.62. The minimum Gasteiger partial charge on any atom is -0.390 e. The molecule has 0 bridgehead atoms. The molecule has 0 unspecified atom stereocenters. The van der Waals surface area contributed by atoms with E-state index in [0.717, 1.165) is 49.8 Å². The van der Waals surface area contributed by atoms with Crippen molar-refractivity contribution in [3.63, 3.8) is 0 Å². The number of anilines is 3. The molecule has 1 aromatic carbocycles. The van der Waals surface area contributed by atoms with Gasteiger partial charge in [0.2, 0.25) is 0 Å². The van der Waals surface area contributed by atoms with Gasteiger partial charge in [0.15, 0.2) is 0 Å². The summed E-state index contributed by atoms with van der Waals surface area (Å²) in [4.78, 5) is 17.5. The van der Waals surface area contributed by atoms with Crippen molar-refractivity contribution < 1.29 is 5.11 Å². The highest BCUT2D eigenvalue weighted by Crippen LogP contribution is 2.27. The van der Waals surface area contributed by atoms with Gasteiger partial charge in [-0.2, -0.15) is 0 Å². The summed E-state index contributed by atoms with van der Waals surface area (Å²) < 4.78 is 0. The topological polar surface area (TPSA) is 77.4 Å². The Morgan fingerprint density at radius 2 is 1.93 bits per heavy atom. The number of β-amino-alcohol motifs (C(OH)–C–C–N with tert-alkyl or cyclic N) is 1. The molecule has 2 aliphatic rings. The number of hydrogen-bond donors (Lipinski definition) is 2. The van der Waals surface area contributed by atoms with Crippen LogP contribution in [0.15, 0.2) is 61.2 Å². The lowest BCUT2D eigenvalue weighted by atomic mass is 9.94. The lowest BCUT2D eigenvalue weighted by molar-refractivity contribution is 0.0293. The molecule has 0 amide bonds. The number of nitrogens with zero attached hydrogens (tertiary/aromatic N) is 5. The first kappa shape index (κ1) is 19.0. The molecule has 0 aliphatic carbocycles. The van der Waals surface area contributed by atoms with Crippen molar-refractivity contribution in [3.05, 3.63) is 72.3 Å². The summed E-state index contributed by atoms with van der Waals surface area (Å²) in [7, 11) is 0. The fourth-order valence-electron chi connectivity index (χ4n) is 4.53. The van der Waals surface area contributed by atoms with Gasteiger partial charge in [0.25, 0.3) is 0 Å². The quantitative estimate of drug-likeness (QED) is 0.695. The summed E-state index contributed by atoms with van der Waals surface area (Å²) >= 11 is 0. The van der Waals surface area contributed by atoms with Crippen LogP contribution in [0.1, 0.15) is 17.5 Å². The molecular weight excluding hydrogens is 376 g/mol. The number of rotatable bonds is 4. The highest BCUT2D eigenvalue weighted by atomic mass is 16.3. The van der Waals surface area contributed by atoms with Gasteiger partial charge in [-0.15, -0.1) is 0 Å². The van der Waals surface area contributed by atoms with Crippen LogP contribution in [0.5, 0.6) is 0 Å². The van der Waals surface area contributed by atoms with Crippen LogP contribution in [0.3, 0.4) is 0 Å². The molecule has 2 N–H and O–H groups in total. The molecule has 0 saturated carbocycles. The average Bonchev–Trinajstić information content (AvgIpc) is 2.79. The number of fused-ring (bicyclic) bond motifs is 1. The van der Waals surface area contributed by atoms with Gasteiger partial charge in [-0.1, -0.05) is 24.3 Å². The summed E-state index contributed by atoms with van der Waals surface area (Å²) in [5.74, 6) is 1.55. The molecule has 30 heavy (non-hydrogen) atoms. The smallest absolute Gasteiger partial charge is 0.135 e. The van der Waals surface area contributed by atoms with E-state index in [9.17, 15) is 5.11 Å². The molecule has 2 aromatic heterocycles. The summed E-state index contributed by atoms with van der Waals surface area (Å²) in [6.45, 7) is 3.37. The molecule has 0 spiro atoms. The summed E-state index contributed by atoms with van der Waals surface area (Å²) in [5.41, 5.74) is 3.71. The van der Waals surface area contributed by atoms with Gasteiger partial charge in [-0.25, -0.2) is 9.97 Å². The fourth-order valence-corrected chi connectivity index (χ4v) is 4.53. The van der Waals surface area contributed by atoms with Gasteiger partial charge >= 0.3 is 0 Å². The van der Waals surface area contributed by atoms with Gasteiger partial charge in [0.05, 0.1) is 18.0 Å². The Kier molecular flexibility index (Phi) is 5.29. The zero-order valence-corrected chi connectivity index (χ0v) is 16.9. The van der Waals surface area contributed by atoms with E-state index in [1.807, 2.05) is 18.2 Å². The minimum absolute atomic E-state index is 0.185. The normalized spacial score (nSPS) is 21.8. The third kappa shape index (κ3) is 3.99. The van der Waals surface area contributed by atoms with Crippen LogP contribution in [0.25, 0.3) is 0 Å². The molecule has 7 nitrogen and oxygen atoms in total. The van der Waals surface area contributed by atoms with Crippen LogP contribution >= 0.6 is 0 Å². The molecule has 7 heteroatoms. The zero-order valence-electron chi connectivity index (χ0n) is 16.9. The Bertz CT molecular complexity index is 998. The number of aliphatic hydroxyl groups excluding tert-OH is 1. The molecule has 2 aliphatic heterocycles. The van der Waals surface area contributed by atoms with Crippen molar-refractivity contribution in [1.82, 2.24) is 19.9 Å². The van der Waals surface area contributed by atoms with E-state index in [1.165, 1.54) is 11.1 Å². The largest absolute Gasteiger partial charge is 0.390 e. The number of pyridine rings is 1. The van der Waals surface area contributed by atoms with Gasteiger partial charge in [0.1, 0.15) is 18.0 Å². The van der Waals surface area contributed by atoms with E-state index >= 15 is 0 Å². The Morgan fingerprint density at radius 1 is 1.03 bits per heavy atom. The predicted molar refractivity (Wildman–Crippen MR) is 117 cm³/mol. The Hall–Kier alpha value is -3.03. The van der Waals surface area contributed by atoms with Crippen molar-refractivity contribution >= 4 is 17.3 Å². The maximum absolute atomic E-state index is 11.0. The van der Waals surface area contributed by atoms with Crippen molar-refractivity contribution in [2.45, 2.75) is 31.5 Å². The minimum atomic E-state index is -0.409. The second kappa shape index (κ2) is 8.38. The van der Waals surface area contributed by atoms with Crippen molar-refractivity contribution in [2.24, 2.45) is 0 Å². The third-order valence-electron chi connectivity index (χ3n) is 6.09. The zero-order chi connectivity index (χ0) is 20.3. The van der Waals surface area contributed by atoms with Gasteiger partial charge < -0.3 is 15.3 Å². The van der Waals surface area contributed by atoms with Crippen LogP contribution in [-0.2, 0) is 13.0 Å². The molecular formula is C23H26N6O. The maximum Gasteiger partial charge on any atom is 0.135 e. The van der Waals surface area contributed by atoms with Crippen molar-refractivity contribution in [3.8, 4) is 0 Å². The Labute approximate surface area is 176 Å². The average molecular weight is 403 g/mol. The summed E-state index contributed by atoms with van der Waals surface area (Å²) in [5, 5.41) is 14.2. The number of piperidine rings is 1. The SMILES string of the molecule is O[C@@H]1CN(c2cc(Nc3cccnc3)ncn2)CC[C@H]1N1CCc2ccccc2C1. The number of hydrogen-bond acceptors (Lipinski definition) is 7. The first-order valence-corrected chi connectivity index (χ1v) is 10.5. The van der Waals surface area contributed by atoms with Gasteiger partial charge in [-0.05, 0) is 36.1 Å². The second-order valence-corrected chi connectivity index (χ2v) is 7.99. The van der Waals surface area contributed by atoms with Crippen LogP contribution in [0, 0.1) is 0 Å². The Morgan fingerprint density at radius 3 is 2.77 bits per heavy atom. The number of benzene rings is 1. The third-order valence-corrected chi connectivity index (χ3v) is 6.09. The maximum atomic E-state index is 11.0. The first-order valence-electron chi connectivity index (χ1n) is 10.5. The first-order chi connectivity index (χ1) is 14.8. The molecule has 154 valence electrons. The standard InChI is InChI=1S/C23H26N6O/c30-21-15-29(23-12-22(25-16-26-23)27-19-6-3-9-24-13-19)11-8-20(21)28-10-7-17-4-1-2-5-18(17)14-28/h1-6,9,12-13,16,20-21,30H,7-8,10-11,14-15H2,(H,25,26,27)/t20-,21-/m1/s1. The molecule has 4 heterocycles. The number of nitrogens with one attached hydrogen (secondary N) is 1.